The molecule has 2 aliphatic heterocycles. The fraction of sp³-hybridized carbons (Fsp3) is 0.444. The molecule has 8 nitrogen and oxygen atoms in total. The molecule has 0 unspecified atom stereocenters. The molecule has 0 aromatic heterocycles. The SMILES string of the molecule is C[C@@H]1CN(Cc2ccc(C(=O)NO)cc2)C[C@H](C)N1Cc1ccccc1C1=CCN(S(C)(=O)=O)CC1. The van der Waals surface area contributed by atoms with Crippen molar-refractivity contribution in [3.05, 3.63) is 76.9 Å². The van der Waals surface area contributed by atoms with E-state index in [2.05, 4.69) is 54.0 Å². The van der Waals surface area contributed by atoms with E-state index in [0.29, 0.717) is 30.7 Å². The molecule has 2 aromatic rings. The van der Waals surface area contributed by atoms with Gasteiger partial charge >= 0.3 is 0 Å². The predicted octanol–water partition coefficient (Wildman–Crippen LogP) is 2.95. The maximum absolute atomic E-state index is 11.9. The number of piperazine rings is 1. The Labute approximate surface area is 214 Å². The number of hydroxylamine groups is 1. The Morgan fingerprint density at radius 2 is 1.69 bits per heavy atom. The van der Waals surface area contributed by atoms with E-state index in [9.17, 15) is 13.2 Å². The van der Waals surface area contributed by atoms with Gasteiger partial charge in [-0.05, 0) is 54.7 Å². The lowest BCUT2D eigenvalue weighted by Gasteiger charge is -2.45. The van der Waals surface area contributed by atoms with Gasteiger partial charge in [0.2, 0.25) is 10.0 Å². The molecule has 0 spiro atoms. The molecule has 1 amide bonds. The molecule has 0 radical (unpaired) electrons. The van der Waals surface area contributed by atoms with Gasteiger partial charge in [-0.25, -0.2) is 13.9 Å². The number of nitrogens with zero attached hydrogens (tertiary/aromatic N) is 3. The first-order chi connectivity index (χ1) is 17.2. The highest BCUT2D eigenvalue weighted by Crippen LogP contribution is 2.29. The van der Waals surface area contributed by atoms with Crippen molar-refractivity contribution in [3.8, 4) is 0 Å². The molecule has 0 bridgehead atoms. The number of rotatable bonds is 7. The number of benzene rings is 2. The first-order valence-corrected chi connectivity index (χ1v) is 14.2. The van der Waals surface area contributed by atoms with Crippen LogP contribution in [0.4, 0.5) is 0 Å². The normalized spacial score (nSPS) is 22.3. The van der Waals surface area contributed by atoms with Crippen LogP contribution in [-0.2, 0) is 23.1 Å². The van der Waals surface area contributed by atoms with Crippen LogP contribution in [0.15, 0.2) is 54.6 Å². The lowest BCUT2D eigenvalue weighted by Crippen LogP contribution is -2.55. The lowest BCUT2D eigenvalue weighted by atomic mass is 9.94. The van der Waals surface area contributed by atoms with Gasteiger partial charge in [0, 0.05) is 56.9 Å². The van der Waals surface area contributed by atoms with Crippen molar-refractivity contribution < 1.29 is 18.4 Å². The van der Waals surface area contributed by atoms with Crippen LogP contribution in [0.2, 0.25) is 0 Å². The highest BCUT2D eigenvalue weighted by molar-refractivity contribution is 7.88. The van der Waals surface area contributed by atoms with E-state index in [-0.39, 0.29) is 0 Å². The fourth-order valence-electron chi connectivity index (χ4n) is 5.36. The third-order valence-electron chi connectivity index (χ3n) is 7.26. The van der Waals surface area contributed by atoms with E-state index in [1.54, 1.807) is 17.6 Å². The van der Waals surface area contributed by atoms with Crippen LogP contribution in [0.3, 0.4) is 0 Å². The number of carbonyl (C=O) groups excluding carboxylic acids is 1. The summed E-state index contributed by atoms with van der Waals surface area (Å²) in [5.74, 6) is -0.505. The van der Waals surface area contributed by atoms with Crippen molar-refractivity contribution in [2.45, 2.75) is 45.4 Å². The topological polar surface area (TPSA) is 93.2 Å². The van der Waals surface area contributed by atoms with Crippen LogP contribution in [-0.4, -0.2) is 78.2 Å². The summed E-state index contributed by atoms with van der Waals surface area (Å²) in [6.45, 7) is 9.03. The first-order valence-electron chi connectivity index (χ1n) is 12.4. The van der Waals surface area contributed by atoms with Crippen LogP contribution in [0.5, 0.6) is 0 Å². The Balaban J connectivity index is 1.41. The molecule has 9 heteroatoms. The monoisotopic (exact) mass is 512 g/mol. The average molecular weight is 513 g/mol. The Kier molecular flexibility index (Phi) is 8.27. The largest absolute Gasteiger partial charge is 0.296 e. The number of hydrogen-bond donors (Lipinski definition) is 2. The van der Waals surface area contributed by atoms with E-state index in [0.717, 1.165) is 38.2 Å². The minimum atomic E-state index is -3.17. The Hall–Kier alpha value is -2.56. The van der Waals surface area contributed by atoms with E-state index in [1.807, 2.05) is 12.1 Å². The molecule has 2 atom stereocenters. The number of amides is 1. The number of hydrogen-bond acceptors (Lipinski definition) is 6. The van der Waals surface area contributed by atoms with Gasteiger partial charge < -0.3 is 0 Å². The molecule has 0 saturated carbocycles. The van der Waals surface area contributed by atoms with Gasteiger partial charge in [-0.2, -0.15) is 4.31 Å². The molecule has 1 fully saturated rings. The fourth-order valence-corrected chi connectivity index (χ4v) is 6.12. The molecule has 36 heavy (non-hydrogen) atoms. The highest BCUT2D eigenvalue weighted by Gasteiger charge is 2.30. The molecule has 0 aliphatic carbocycles. The zero-order valence-electron chi connectivity index (χ0n) is 21.2. The third kappa shape index (κ3) is 6.22. The van der Waals surface area contributed by atoms with Gasteiger partial charge in [-0.15, -0.1) is 0 Å². The van der Waals surface area contributed by atoms with Crippen molar-refractivity contribution in [3.63, 3.8) is 0 Å². The summed E-state index contributed by atoms with van der Waals surface area (Å²) in [6.07, 6.45) is 4.05. The molecule has 2 aliphatic rings. The number of sulfonamides is 1. The molecule has 4 rings (SSSR count). The second-order valence-corrected chi connectivity index (χ2v) is 11.9. The van der Waals surface area contributed by atoms with Crippen molar-refractivity contribution >= 4 is 21.5 Å². The maximum Gasteiger partial charge on any atom is 0.274 e. The van der Waals surface area contributed by atoms with Crippen molar-refractivity contribution in [2.24, 2.45) is 0 Å². The Morgan fingerprint density at radius 3 is 2.28 bits per heavy atom. The van der Waals surface area contributed by atoms with E-state index < -0.39 is 15.9 Å². The standard InChI is InChI=1S/C27H36N4O4S/c1-20-16-29(18-22-8-10-24(11-9-22)27(32)28-33)17-21(2)31(20)19-25-6-4-5-7-26(25)23-12-14-30(15-13-23)36(3,34)35/h4-12,20-21,33H,13-19H2,1-3H3,(H,28,32)/t20-,21+. The minimum Gasteiger partial charge on any atom is -0.296 e. The first kappa shape index (κ1) is 26.5. The van der Waals surface area contributed by atoms with Crippen LogP contribution in [0.25, 0.3) is 5.57 Å². The minimum absolute atomic E-state index is 0.363. The summed E-state index contributed by atoms with van der Waals surface area (Å²) in [5, 5.41) is 8.80. The second kappa shape index (κ2) is 11.2. The van der Waals surface area contributed by atoms with Gasteiger partial charge in [0.25, 0.3) is 5.91 Å². The third-order valence-corrected chi connectivity index (χ3v) is 8.53. The zero-order chi connectivity index (χ0) is 25.9. The molecular formula is C27H36N4O4S. The van der Waals surface area contributed by atoms with E-state index in [4.69, 9.17) is 5.21 Å². The van der Waals surface area contributed by atoms with Gasteiger partial charge in [-0.3, -0.25) is 19.8 Å². The summed E-state index contributed by atoms with van der Waals surface area (Å²) >= 11 is 0. The summed E-state index contributed by atoms with van der Waals surface area (Å²) in [7, 11) is -3.17. The van der Waals surface area contributed by atoms with Crippen LogP contribution in [0.1, 0.15) is 47.3 Å². The number of nitrogens with one attached hydrogen (secondary N) is 1. The molecule has 2 heterocycles. The Morgan fingerprint density at radius 1 is 1.03 bits per heavy atom. The smallest absolute Gasteiger partial charge is 0.274 e. The number of carbonyl (C=O) groups is 1. The van der Waals surface area contributed by atoms with Crippen molar-refractivity contribution in [1.82, 2.24) is 19.6 Å². The summed E-state index contributed by atoms with van der Waals surface area (Å²) in [5.41, 5.74) is 6.96. The van der Waals surface area contributed by atoms with Gasteiger partial charge in [0.15, 0.2) is 0 Å². The Bertz CT molecular complexity index is 1200. The van der Waals surface area contributed by atoms with Crippen LogP contribution in [0, 0.1) is 0 Å². The zero-order valence-corrected chi connectivity index (χ0v) is 22.0. The van der Waals surface area contributed by atoms with E-state index >= 15 is 0 Å². The molecular weight excluding hydrogens is 476 g/mol. The van der Waals surface area contributed by atoms with Crippen molar-refractivity contribution in [1.29, 1.82) is 0 Å². The summed E-state index contributed by atoms with van der Waals surface area (Å²) < 4.78 is 25.3. The molecule has 2 aromatic carbocycles. The second-order valence-electron chi connectivity index (χ2n) is 9.96. The van der Waals surface area contributed by atoms with Gasteiger partial charge in [-0.1, -0.05) is 42.5 Å². The van der Waals surface area contributed by atoms with Crippen LogP contribution < -0.4 is 5.48 Å². The maximum atomic E-state index is 11.9. The molecule has 194 valence electrons. The highest BCUT2D eigenvalue weighted by atomic mass is 32.2. The summed E-state index contributed by atoms with van der Waals surface area (Å²) in [4.78, 5) is 16.6. The summed E-state index contributed by atoms with van der Waals surface area (Å²) in [6, 6.07) is 16.5. The predicted molar refractivity (Wildman–Crippen MR) is 141 cm³/mol. The molecule has 1 saturated heterocycles. The lowest BCUT2D eigenvalue weighted by molar-refractivity contribution is 0.0290. The average Bonchev–Trinajstić information content (AvgIpc) is 2.86. The van der Waals surface area contributed by atoms with Gasteiger partial charge in [0.05, 0.1) is 6.26 Å². The molecule has 2 N–H and O–H groups in total. The van der Waals surface area contributed by atoms with Crippen LogP contribution >= 0.6 is 0 Å². The quantitative estimate of drug-likeness (QED) is 0.438. The van der Waals surface area contributed by atoms with Gasteiger partial charge in [0.1, 0.15) is 0 Å². The van der Waals surface area contributed by atoms with E-state index in [1.165, 1.54) is 27.3 Å². The van der Waals surface area contributed by atoms with Crippen molar-refractivity contribution in [2.75, 3.05) is 32.4 Å².